The third kappa shape index (κ3) is 4.38. The molecule has 0 spiro atoms. The highest BCUT2D eigenvalue weighted by atomic mass is 19.4. The Balaban J connectivity index is 2.13. The van der Waals surface area contributed by atoms with Gasteiger partial charge in [-0.05, 0) is 19.8 Å². The molecule has 0 unspecified atom stereocenters. The predicted molar refractivity (Wildman–Crippen MR) is 49.5 cm³/mol. The molecule has 0 aromatic carbocycles. The molecule has 0 radical (unpaired) electrons. The van der Waals surface area contributed by atoms with Crippen molar-refractivity contribution in [2.45, 2.75) is 56.9 Å². The van der Waals surface area contributed by atoms with Crippen LogP contribution in [0.2, 0.25) is 0 Å². The Morgan fingerprint density at radius 1 is 1.40 bits per heavy atom. The van der Waals surface area contributed by atoms with Crippen LogP contribution in [0.4, 0.5) is 13.2 Å². The number of hydrogen-bond acceptors (Lipinski definition) is 2. The van der Waals surface area contributed by atoms with Gasteiger partial charge in [0.1, 0.15) is 0 Å². The Kier molecular flexibility index (Phi) is 4.00. The minimum absolute atomic E-state index is 0.00115. The van der Waals surface area contributed by atoms with E-state index in [9.17, 15) is 18.3 Å². The molecule has 1 aliphatic carbocycles. The lowest BCUT2D eigenvalue weighted by Gasteiger charge is -2.43. The van der Waals surface area contributed by atoms with Gasteiger partial charge in [-0.25, -0.2) is 0 Å². The molecule has 90 valence electrons. The van der Waals surface area contributed by atoms with E-state index in [-0.39, 0.29) is 18.9 Å². The Morgan fingerprint density at radius 3 is 2.47 bits per heavy atom. The van der Waals surface area contributed by atoms with Crippen molar-refractivity contribution >= 4 is 0 Å². The zero-order chi connectivity index (χ0) is 11.5. The molecule has 0 aromatic rings. The first-order chi connectivity index (χ1) is 6.85. The first-order valence-corrected chi connectivity index (χ1v) is 5.25. The van der Waals surface area contributed by atoms with E-state index in [1.165, 1.54) is 0 Å². The molecule has 0 saturated heterocycles. The summed E-state index contributed by atoms with van der Waals surface area (Å²) in [6.07, 6.45) is -3.73. The molecule has 1 aliphatic rings. The fraction of sp³-hybridized carbons (Fsp3) is 1.00. The number of hydrogen-bond donors (Lipinski definition) is 1. The summed E-state index contributed by atoms with van der Waals surface area (Å²) in [4.78, 5) is 0. The maximum Gasteiger partial charge on any atom is 0.389 e. The molecule has 0 atom stereocenters. The van der Waals surface area contributed by atoms with Crippen molar-refractivity contribution < 1.29 is 23.0 Å². The van der Waals surface area contributed by atoms with E-state index in [1.54, 1.807) is 0 Å². The summed E-state index contributed by atoms with van der Waals surface area (Å²) in [5.74, 6) is 0. The van der Waals surface area contributed by atoms with Crippen LogP contribution in [-0.4, -0.2) is 29.6 Å². The number of ether oxygens (including phenoxy) is 1. The van der Waals surface area contributed by atoms with Gasteiger partial charge < -0.3 is 9.84 Å². The van der Waals surface area contributed by atoms with Crippen LogP contribution in [0.25, 0.3) is 0 Å². The molecule has 0 heterocycles. The molecule has 1 saturated carbocycles. The van der Waals surface area contributed by atoms with E-state index in [2.05, 4.69) is 0 Å². The summed E-state index contributed by atoms with van der Waals surface area (Å²) in [5.41, 5.74) is -0.912. The Labute approximate surface area is 87.4 Å². The van der Waals surface area contributed by atoms with Gasteiger partial charge >= 0.3 is 6.18 Å². The van der Waals surface area contributed by atoms with Crippen LogP contribution in [0.15, 0.2) is 0 Å². The summed E-state index contributed by atoms with van der Waals surface area (Å²) in [5, 5.41) is 9.76. The van der Waals surface area contributed by atoms with Crippen molar-refractivity contribution in [3.05, 3.63) is 0 Å². The van der Waals surface area contributed by atoms with Gasteiger partial charge in [0.25, 0.3) is 0 Å². The van der Waals surface area contributed by atoms with Crippen molar-refractivity contribution in [2.24, 2.45) is 0 Å². The summed E-state index contributed by atoms with van der Waals surface area (Å²) < 4.78 is 40.8. The fourth-order valence-electron chi connectivity index (χ4n) is 1.96. The quantitative estimate of drug-likeness (QED) is 0.780. The predicted octanol–water partition coefficient (Wildman–Crippen LogP) is 2.65. The minimum atomic E-state index is -4.11. The summed E-state index contributed by atoms with van der Waals surface area (Å²) in [7, 11) is 0. The lowest BCUT2D eigenvalue weighted by Crippen LogP contribution is -2.48. The van der Waals surface area contributed by atoms with E-state index in [0.29, 0.717) is 19.4 Å². The Morgan fingerprint density at radius 2 is 2.00 bits per heavy atom. The SMILES string of the molecule is CCOC1CC(O)(CCCC(F)(F)F)C1. The molecular formula is C10H17F3O2. The van der Waals surface area contributed by atoms with Crippen LogP contribution >= 0.6 is 0 Å². The smallest absolute Gasteiger partial charge is 0.389 e. The number of rotatable bonds is 5. The van der Waals surface area contributed by atoms with Crippen LogP contribution in [0.1, 0.15) is 39.0 Å². The number of halogens is 3. The number of aliphatic hydroxyl groups is 1. The zero-order valence-corrected chi connectivity index (χ0v) is 8.81. The normalized spacial score (nSPS) is 31.4. The van der Waals surface area contributed by atoms with E-state index < -0.39 is 18.2 Å². The van der Waals surface area contributed by atoms with E-state index in [4.69, 9.17) is 4.74 Å². The van der Waals surface area contributed by atoms with Crippen LogP contribution in [0.5, 0.6) is 0 Å². The number of alkyl halides is 3. The van der Waals surface area contributed by atoms with Gasteiger partial charge in [-0.3, -0.25) is 0 Å². The van der Waals surface area contributed by atoms with Crippen molar-refractivity contribution in [3.63, 3.8) is 0 Å². The van der Waals surface area contributed by atoms with Crippen LogP contribution in [0.3, 0.4) is 0 Å². The van der Waals surface area contributed by atoms with Gasteiger partial charge in [0, 0.05) is 25.9 Å². The second-order valence-corrected chi connectivity index (χ2v) is 4.18. The first-order valence-electron chi connectivity index (χ1n) is 5.25. The third-order valence-corrected chi connectivity index (χ3v) is 2.72. The molecule has 0 amide bonds. The summed E-state index contributed by atoms with van der Waals surface area (Å²) >= 11 is 0. The molecule has 5 heteroatoms. The molecule has 0 aromatic heterocycles. The highest BCUT2D eigenvalue weighted by Crippen LogP contribution is 2.39. The molecule has 1 N–H and O–H groups in total. The monoisotopic (exact) mass is 226 g/mol. The van der Waals surface area contributed by atoms with Gasteiger partial charge in [0.05, 0.1) is 11.7 Å². The molecule has 0 bridgehead atoms. The van der Waals surface area contributed by atoms with Crippen molar-refractivity contribution in [2.75, 3.05) is 6.61 Å². The average molecular weight is 226 g/mol. The minimum Gasteiger partial charge on any atom is -0.390 e. The highest BCUT2D eigenvalue weighted by molar-refractivity contribution is 4.95. The molecular weight excluding hydrogens is 209 g/mol. The van der Waals surface area contributed by atoms with Crippen molar-refractivity contribution in [1.29, 1.82) is 0 Å². The van der Waals surface area contributed by atoms with Crippen LogP contribution < -0.4 is 0 Å². The first kappa shape index (κ1) is 12.8. The molecule has 15 heavy (non-hydrogen) atoms. The topological polar surface area (TPSA) is 29.5 Å². The summed E-state index contributed by atoms with van der Waals surface area (Å²) in [6, 6.07) is 0. The van der Waals surface area contributed by atoms with Gasteiger partial charge in [0.2, 0.25) is 0 Å². The van der Waals surface area contributed by atoms with Crippen LogP contribution in [0, 0.1) is 0 Å². The van der Waals surface area contributed by atoms with E-state index in [1.807, 2.05) is 6.92 Å². The Bertz CT molecular complexity index is 197. The van der Waals surface area contributed by atoms with Gasteiger partial charge in [0.15, 0.2) is 0 Å². The third-order valence-electron chi connectivity index (χ3n) is 2.72. The van der Waals surface area contributed by atoms with Crippen molar-refractivity contribution in [1.82, 2.24) is 0 Å². The second-order valence-electron chi connectivity index (χ2n) is 4.18. The van der Waals surface area contributed by atoms with Crippen LogP contribution in [-0.2, 0) is 4.74 Å². The van der Waals surface area contributed by atoms with E-state index in [0.717, 1.165) is 0 Å². The standard InChI is InChI=1S/C10H17F3O2/c1-2-15-8-6-9(14,7-8)4-3-5-10(11,12)13/h8,14H,2-7H2,1H3. The maximum absolute atomic E-state index is 11.8. The lowest BCUT2D eigenvalue weighted by atomic mass is 9.74. The maximum atomic E-state index is 11.8. The molecule has 0 aliphatic heterocycles. The highest BCUT2D eigenvalue weighted by Gasteiger charge is 2.43. The van der Waals surface area contributed by atoms with Gasteiger partial charge in [-0.2, -0.15) is 13.2 Å². The zero-order valence-electron chi connectivity index (χ0n) is 8.81. The van der Waals surface area contributed by atoms with Gasteiger partial charge in [-0.15, -0.1) is 0 Å². The summed E-state index contributed by atoms with van der Waals surface area (Å²) in [6.45, 7) is 2.45. The average Bonchev–Trinajstić information content (AvgIpc) is 1.99. The lowest BCUT2D eigenvalue weighted by molar-refractivity contribution is -0.155. The molecule has 1 rings (SSSR count). The fourth-order valence-corrected chi connectivity index (χ4v) is 1.96. The molecule has 2 nitrogen and oxygen atoms in total. The van der Waals surface area contributed by atoms with E-state index >= 15 is 0 Å². The Hall–Kier alpha value is -0.290. The van der Waals surface area contributed by atoms with Gasteiger partial charge in [-0.1, -0.05) is 0 Å². The largest absolute Gasteiger partial charge is 0.390 e. The van der Waals surface area contributed by atoms with Crippen molar-refractivity contribution in [3.8, 4) is 0 Å². The second kappa shape index (κ2) is 4.70. The molecule has 1 fully saturated rings.